The molecule has 1 saturated carbocycles. The zero-order chi connectivity index (χ0) is 13.5. The normalized spacial score (nSPS) is 21.8. The van der Waals surface area contributed by atoms with E-state index in [0.29, 0.717) is 16.5 Å². The summed E-state index contributed by atoms with van der Waals surface area (Å²) in [7, 11) is 0. The molecular weight excluding hydrogens is 258 g/mol. The number of rotatable bonds is 2. The molecule has 1 aliphatic carbocycles. The first kappa shape index (κ1) is 13.2. The average molecular weight is 280 g/mol. The summed E-state index contributed by atoms with van der Waals surface area (Å²) in [5, 5.41) is 0.570. The van der Waals surface area contributed by atoms with Crippen molar-refractivity contribution in [1.82, 2.24) is 9.97 Å². The van der Waals surface area contributed by atoms with Crippen LogP contribution in [-0.4, -0.2) is 23.1 Å². The van der Waals surface area contributed by atoms with Crippen molar-refractivity contribution in [1.29, 1.82) is 0 Å². The molecule has 2 heterocycles. The molecular formula is C15H22ClN3. The van der Waals surface area contributed by atoms with Gasteiger partial charge in [0.15, 0.2) is 0 Å². The number of anilines is 1. The van der Waals surface area contributed by atoms with E-state index in [0.717, 1.165) is 24.7 Å². The number of aromatic nitrogens is 2. The van der Waals surface area contributed by atoms with Gasteiger partial charge in [-0.15, -0.1) is 0 Å². The summed E-state index contributed by atoms with van der Waals surface area (Å²) < 4.78 is 0. The molecule has 4 heteroatoms. The third-order valence-corrected chi connectivity index (χ3v) is 4.84. The van der Waals surface area contributed by atoms with Gasteiger partial charge in [0, 0.05) is 25.1 Å². The molecule has 0 atom stereocenters. The smallest absolute Gasteiger partial charge is 0.135 e. The van der Waals surface area contributed by atoms with E-state index < -0.39 is 0 Å². The average Bonchev–Trinajstić information content (AvgIpc) is 3.00. The van der Waals surface area contributed by atoms with E-state index in [1.165, 1.54) is 32.1 Å². The third kappa shape index (κ3) is 2.58. The quantitative estimate of drug-likeness (QED) is 0.766. The molecule has 0 amide bonds. The molecule has 2 fully saturated rings. The molecule has 0 aromatic carbocycles. The molecule has 1 saturated heterocycles. The van der Waals surface area contributed by atoms with Gasteiger partial charge < -0.3 is 4.90 Å². The lowest BCUT2D eigenvalue weighted by atomic mass is 9.86. The first-order valence-electron chi connectivity index (χ1n) is 7.37. The fourth-order valence-corrected chi connectivity index (χ4v) is 3.69. The van der Waals surface area contributed by atoms with Crippen LogP contribution in [0.4, 0.5) is 5.82 Å². The van der Waals surface area contributed by atoms with Gasteiger partial charge in [0.25, 0.3) is 0 Å². The lowest BCUT2D eigenvalue weighted by Gasteiger charge is -2.24. The Balaban J connectivity index is 1.83. The summed E-state index contributed by atoms with van der Waals surface area (Å²) >= 11 is 6.15. The summed E-state index contributed by atoms with van der Waals surface area (Å²) in [5.41, 5.74) is 0.565. The van der Waals surface area contributed by atoms with Crippen LogP contribution in [-0.2, 0) is 0 Å². The third-order valence-electron chi connectivity index (χ3n) is 4.64. The van der Waals surface area contributed by atoms with Gasteiger partial charge in [-0.3, -0.25) is 0 Å². The molecule has 1 aromatic rings. The van der Waals surface area contributed by atoms with Crippen molar-refractivity contribution in [2.24, 2.45) is 5.41 Å². The lowest BCUT2D eigenvalue weighted by Crippen LogP contribution is -2.26. The van der Waals surface area contributed by atoms with E-state index in [9.17, 15) is 0 Å². The van der Waals surface area contributed by atoms with E-state index in [1.54, 1.807) is 0 Å². The Morgan fingerprint density at radius 3 is 2.63 bits per heavy atom. The zero-order valence-electron chi connectivity index (χ0n) is 11.8. The van der Waals surface area contributed by atoms with Crippen molar-refractivity contribution in [3.63, 3.8) is 0 Å². The van der Waals surface area contributed by atoms with Crippen LogP contribution in [0.25, 0.3) is 0 Å². The largest absolute Gasteiger partial charge is 0.356 e. The maximum absolute atomic E-state index is 6.15. The molecule has 19 heavy (non-hydrogen) atoms. The first-order valence-corrected chi connectivity index (χ1v) is 7.75. The molecule has 104 valence electrons. The van der Waals surface area contributed by atoms with Crippen LogP contribution in [0.5, 0.6) is 0 Å². The fourth-order valence-electron chi connectivity index (χ4n) is 3.51. The Labute approximate surface area is 120 Å². The van der Waals surface area contributed by atoms with Gasteiger partial charge >= 0.3 is 0 Å². The van der Waals surface area contributed by atoms with Gasteiger partial charge in [-0.2, -0.15) is 0 Å². The van der Waals surface area contributed by atoms with Crippen LogP contribution in [0, 0.1) is 5.41 Å². The molecule has 3 nitrogen and oxygen atoms in total. The number of hydrogen-bond donors (Lipinski definition) is 0. The molecule has 2 aliphatic rings. The van der Waals surface area contributed by atoms with Gasteiger partial charge in [-0.1, -0.05) is 38.3 Å². The molecule has 0 bridgehead atoms. The molecule has 1 aliphatic heterocycles. The Kier molecular flexibility index (Phi) is 3.42. The zero-order valence-corrected chi connectivity index (χ0v) is 12.6. The van der Waals surface area contributed by atoms with Crippen LogP contribution in [0.1, 0.15) is 57.7 Å². The van der Waals surface area contributed by atoms with Crippen LogP contribution in [0.15, 0.2) is 6.07 Å². The monoisotopic (exact) mass is 279 g/mol. The first-order chi connectivity index (χ1) is 9.08. The topological polar surface area (TPSA) is 29.0 Å². The highest BCUT2D eigenvalue weighted by atomic mass is 35.5. The second-order valence-corrected chi connectivity index (χ2v) is 6.83. The molecule has 1 spiro atoms. The molecule has 0 N–H and O–H groups in total. The standard InChI is InChI=1S/C15H22ClN3/c1-11(2)14-17-12(16)9-13(18-14)19-8-7-15(10-19)5-3-4-6-15/h9,11H,3-8,10H2,1-2H3. The summed E-state index contributed by atoms with van der Waals surface area (Å²) in [6.07, 6.45) is 6.88. The minimum absolute atomic E-state index is 0.320. The van der Waals surface area contributed by atoms with Gasteiger partial charge in [0.1, 0.15) is 16.8 Å². The van der Waals surface area contributed by atoms with E-state index in [-0.39, 0.29) is 0 Å². The Bertz CT molecular complexity index is 466. The second kappa shape index (κ2) is 4.93. The highest BCUT2D eigenvalue weighted by Crippen LogP contribution is 2.46. The van der Waals surface area contributed by atoms with Crippen LogP contribution in [0.3, 0.4) is 0 Å². The fraction of sp³-hybridized carbons (Fsp3) is 0.733. The minimum atomic E-state index is 0.320. The van der Waals surface area contributed by atoms with Crippen molar-refractivity contribution in [2.45, 2.75) is 51.9 Å². The van der Waals surface area contributed by atoms with Crippen molar-refractivity contribution >= 4 is 17.4 Å². The van der Waals surface area contributed by atoms with E-state index in [2.05, 4.69) is 23.7 Å². The van der Waals surface area contributed by atoms with Gasteiger partial charge in [-0.25, -0.2) is 9.97 Å². The van der Waals surface area contributed by atoms with Crippen molar-refractivity contribution < 1.29 is 0 Å². The Hall–Kier alpha value is -0.830. The Morgan fingerprint density at radius 1 is 1.21 bits per heavy atom. The summed E-state index contributed by atoms with van der Waals surface area (Å²) in [6, 6.07) is 1.92. The van der Waals surface area contributed by atoms with Crippen LogP contribution in [0.2, 0.25) is 5.15 Å². The number of halogens is 1. The van der Waals surface area contributed by atoms with Gasteiger partial charge in [0.05, 0.1) is 0 Å². The predicted molar refractivity (Wildman–Crippen MR) is 78.9 cm³/mol. The minimum Gasteiger partial charge on any atom is -0.356 e. The highest BCUT2D eigenvalue weighted by Gasteiger charge is 2.40. The summed E-state index contributed by atoms with van der Waals surface area (Å²) in [4.78, 5) is 11.4. The second-order valence-electron chi connectivity index (χ2n) is 6.44. The van der Waals surface area contributed by atoms with E-state index >= 15 is 0 Å². The number of hydrogen-bond acceptors (Lipinski definition) is 3. The molecule has 0 unspecified atom stereocenters. The summed E-state index contributed by atoms with van der Waals surface area (Å²) in [6.45, 7) is 6.48. The van der Waals surface area contributed by atoms with Crippen molar-refractivity contribution in [2.75, 3.05) is 18.0 Å². The summed E-state index contributed by atoms with van der Waals surface area (Å²) in [5.74, 6) is 2.20. The van der Waals surface area contributed by atoms with Crippen LogP contribution >= 0.6 is 11.6 Å². The van der Waals surface area contributed by atoms with Crippen LogP contribution < -0.4 is 4.90 Å². The van der Waals surface area contributed by atoms with Gasteiger partial charge in [0.2, 0.25) is 0 Å². The van der Waals surface area contributed by atoms with Crippen molar-refractivity contribution in [3.8, 4) is 0 Å². The lowest BCUT2D eigenvalue weighted by molar-refractivity contribution is 0.340. The SMILES string of the molecule is CC(C)c1nc(Cl)cc(N2CCC3(CCCC3)C2)n1. The highest BCUT2D eigenvalue weighted by molar-refractivity contribution is 6.29. The predicted octanol–water partition coefficient (Wildman–Crippen LogP) is 4.02. The number of nitrogens with zero attached hydrogens (tertiary/aromatic N) is 3. The molecule has 0 radical (unpaired) electrons. The Morgan fingerprint density at radius 2 is 1.95 bits per heavy atom. The van der Waals surface area contributed by atoms with E-state index in [1.807, 2.05) is 6.07 Å². The van der Waals surface area contributed by atoms with Gasteiger partial charge in [-0.05, 0) is 24.7 Å². The van der Waals surface area contributed by atoms with Crippen molar-refractivity contribution in [3.05, 3.63) is 17.0 Å². The molecule has 1 aromatic heterocycles. The maximum Gasteiger partial charge on any atom is 0.135 e. The maximum atomic E-state index is 6.15. The van der Waals surface area contributed by atoms with E-state index in [4.69, 9.17) is 16.6 Å². The molecule has 3 rings (SSSR count).